The minimum absolute atomic E-state index is 0.0177. The van der Waals surface area contributed by atoms with E-state index in [1.54, 1.807) is 0 Å². The zero-order valence-corrected chi connectivity index (χ0v) is 18.3. The molecule has 0 saturated heterocycles. The Labute approximate surface area is 180 Å². The van der Waals surface area contributed by atoms with Crippen LogP contribution in [0.25, 0.3) is 0 Å². The van der Waals surface area contributed by atoms with Crippen LogP contribution in [0.4, 0.5) is 5.69 Å². The standard InChI is InChI=1S/C26H33N3O/c1-4-29(5-2)16-15-27-26(30)20-13-14-24-23(17-20)21-7-6-8-22(21)25(28-24)19-11-9-18(3)10-12-19/h6-7,9-14,17,21-22,25,28H,4-5,8,15-16H2,1-3H3,(H,27,30). The molecule has 30 heavy (non-hydrogen) atoms. The number of fused-ring (bicyclic) bond motifs is 3. The number of carbonyl (C=O) groups excluding carboxylic acids is 1. The first-order chi connectivity index (χ1) is 14.6. The van der Waals surface area contributed by atoms with Gasteiger partial charge in [0.25, 0.3) is 5.91 Å². The van der Waals surface area contributed by atoms with Crippen LogP contribution in [0.3, 0.4) is 0 Å². The van der Waals surface area contributed by atoms with Gasteiger partial charge in [0.15, 0.2) is 0 Å². The number of benzene rings is 2. The van der Waals surface area contributed by atoms with Gasteiger partial charge in [-0.2, -0.15) is 0 Å². The van der Waals surface area contributed by atoms with E-state index in [0.717, 1.165) is 37.3 Å². The molecule has 0 bridgehead atoms. The van der Waals surface area contributed by atoms with Crippen LogP contribution in [0, 0.1) is 12.8 Å². The topological polar surface area (TPSA) is 44.4 Å². The summed E-state index contributed by atoms with van der Waals surface area (Å²) in [5, 5.41) is 6.85. The molecular weight excluding hydrogens is 370 g/mol. The van der Waals surface area contributed by atoms with Crippen molar-refractivity contribution in [1.29, 1.82) is 0 Å². The lowest BCUT2D eigenvalue weighted by molar-refractivity contribution is 0.0948. The van der Waals surface area contributed by atoms with Crippen molar-refractivity contribution in [2.45, 2.75) is 39.2 Å². The highest BCUT2D eigenvalue weighted by atomic mass is 16.1. The maximum Gasteiger partial charge on any atom is 0.251 e. The fourth-order valence-electron chi connectivity index (χ4n) is 4.81. The molecule has 2 aromatic carbocycles. The van der Waals surface area contributed by atoms with Gasteiger partial charge in [-0.3, -0.25) is 4.79 Å². The van der Waals surface area contributed by atoms with Gasteiger partial charge >= 0.3 is 0 Å². The number of nitrogens with one attached hydrogen (secondary N) is 2. The fourth-order valence-corrected chi connectivity index (χ4v) is 4.81. The normalized spacial score (nSPS) is 21.8. The molecule has 4 rings (SSSR count). The van der Waals surface area contributed by atoms with E-state index in [-0.39, 0.29) is 5.91 Å². The second-order valence-corrected chi connectivity index (χ2v) is 8.47. The third kappa shape index (κ3) is 4.15. The average Bonchev–Trinajstić information content (AvgIpc) is 3.27. The summed E-state index contributed by atoms with van der Waals surface area (Å²) in [6, 6.07) is 15.3. The Morgan fingerprint density at radius 3 is 2.63 bits per heavy atom. The molecule has 0 spiro atoms. The lowest BCUT2D eigenvalue weighted by atomic mass is 9.76. The largest absolute Gasteiger partial charge is 0.378 e. The summed E-state index contributed by atoms with van der Waals surface area (Å²) in [6.45, 7) is 10.0. The molecule has 3 unspecified atom stereocenters. The van der Waals surface area contributed by atoms with Crippen molar-refractivity contribution < 1.29 is 4.79 Å². The monoisotopic (exact) mass is 403 g/mol. The van der Waals surface area contributed by atoms with Gasteiger partial charge in [-0.1, -0.05) is 55.8 Å². The highest BCUT2D eigenvalue weighted by molar-refractivity contribution is 5.95. The van der Waals surface area contributed by atoms with E-state index in [4.69, 9.17) is 0 Å². The highest BCUT2D eigenvalue weighted by Gasteiger charge is 2.38. The van der Waals surface area contributed by atoms with Crippen molar-refractivity contribution in [3.8, 4) is 0 Å². The molecule has 4 nitrogen and oxygen atoms in total. The van der Waals surface area contributed by atoms with Gasteiger partial charge in [-0.25, -0.2) is 0 Å². The van der Waals surface area contributed by atoms with Crippen LogP contribution in [-0.4, -0.2) is 37.0 Å². The lowest BCUT2D eigenvalue weighted by Crippen LogP contribution is -2.35. The van der Waals surface area contributed by atoms with Crippen molar-refractivity contribution in [3.63, 3.8) is 0 Å². The number of aryl methyl sites for hydroxylation is 1. The number of rotatable bonds is 7. The van der Waals surface area contributed by atoms with Crippen LogP contribution in [0.5, 0.6) is 0 Å². The summed E-state index contributed by atoms with van der Waals surface area (Å²) < 4.78 is 0. The molecule has 0 fully saturated rings. The van der Waals surface area contributed by atoms with Crippen molar-refractivity contribution in [2.24, 2.45) is 5.92 Å². The van der Waals surface area contributed by atoms with Crippen molar-refractivity contribution >= 4 is 11.6 Å². The first-order valence-corrected chi connectivity index (χ1v) is 11.2. The minimum Gasteiger partial charge on any atom is -0.378 e. The Morgan fingerprint density at radius 1 is 1.13 bits per heavy atom. The van der Waals surface area contributed by atoms with E-state index >= 15 is 0 Å². The van der Waals surface area contributed by atoms with Crippen LogP contribution < -0.4 is 10.6 Å². The van der Waals surface area contributed by atoms with Gasteiger partial charge in [-0.05, 0) is 61.7 Å². The number of hydrogen-bond donors (Lipinski definition) is 2. The van der Waals surface area contributed by atoms with Crippen LogP contribution in [0.2, 0.25) is 0 Å². The Morgan fingerprint density at radius 2 is 1.90 bits per heavy atom. The summed E-state index contributed by atoms with van der Waals surface area (Å²) in [4.78, 5) is 15.0. The predicted octanol–water partition coefficient (Wildman–Crippen LogP) is 4.89. The van der Waals surface area contributed by atoms with E-state index < -0.39 is 0 Å². The van der Waals surface area contributed by atoms with Gasteiger partial charge in [0.05, 0.1) is 6.04 Å². The summed E-state index contributed by atoms with van der Waals surface area (Å²) in [5.41, 5.74) is 5.76. The molecule has 0 aromatic heterocycles. The molecule has 0 radical (unpaired) electrons. The van der Waals surface area contributed by atoms with Gasteiger partial charge in [0, 0.05) is 30.3 Å². The number of nitrogens with zero attached hydrogens (tertiary/aromatic N) is 1. The first kappa shape index (κ1) is 20.7. The Hall–Kier alpha value is -2.59. The van der Waals surface area contributed by atoms with E-state index in [1.165, 1.54) is 16.7 Å². The summed E-state index contributed by atoms with van der Waals surface area (Å²) in [5.74, 6) is 0.862. The quantitative estimate of drug-likeness (QED) is 0.647. The number of carbonyl (C=O) groups is 1. The number of allylic oxidation sites excluding steroid dienone is 2. The van der Waals surface area contributed by atoms with Crippen molar-refractivity contribution in [3.05, 3.63) is 76.9 Å². The molecule has 3 atom stereocenters. The van der Waals surface area contributed by atoms with Crippen molar-refractivity contribution in [1.82, 2.24) is 10.2 Å². The third-order valence-corrected chi connectivity index (χ3v) is 6.67. The van der Waals surface area contributed by atoms with Gasteiger partial charge in [-0.15, -0.1) is 0 Å². The lowest BCUT2D eigenvalue weighted by Gasteiger charge is -2.37. The smallest absolute Gasteiger partial charge is 0.251 e. The third-order valence-electron chi connectivity index (χ3n) is 6.67. The summed E-state index contributed by atoms with van der Waals surface area (Å²) in [6.07, 6.45) is 5.69. The van der Waals surface area contributed by atoms with Crippen LogP contribution >= 0.6 is 0 Å². The SMILES string of the molecule is CCN(CC)CCNC(=O)c1ccc2c(c1)C1C=CCC1C(c1ccc(C)cc1)N2. The highest BCUT2D eigenvalue weighted by Crippen LogP contribution is 2.49. The maximum atomic E-state index is 12.7. The van der Waals surface area contributed by atoms with Gasteiger partial charge in [0.2, 0.25) is 0 Å². The Balaban J connectivity index is 1.51. The molecule has 2 N–H and O–H groups in total. The number of hydrogen-bond acceptors (Lipinski definition) is 3. The fraction of sp³-hybridized carbons (Fsp3) is 0.423. The Bertz CT molecular complexity index is 914. The van der Waals surface area contributed by atoms with Gasteiger partial charge in [0.1, 0.15) is 0 Å². The molecule has 0 saturated carbocycles. The molecule has 2 aromatic rings. The minimum atomic E-state index is 0.0177. The Kier molecular flexibility index (Phi) is 6.24. The second-order valence-electron chi connectivity index (χ2n) is 8.47. The summed E-state index contributed by atoms with van der Waals surface area (Å²) >= 11 is 0. The number of likely N-dealkylation sites (N-methyl/N-ethyl adjacent to an activating group) is 1. The van der Waals surface area contributed by atoms with E-state index in [2.05, 4.69) is 84.9 Å². The maximum absolute atomic E-state index is 12.7. The molecule has 2 aliphatic rings. The van der Waals surface area contributed by atoms with Crippen LogP contribution in [-0.2, 0) is 0 Å². The molecule has 4 heteroatoms. The molecular formula is C26H33N3O. The molecule has 1 heterocycles. The zero-order valence-electron chi connectivity index (χ0n) is 18.3. The molecule has 1 aliphatic heterocycles. The van der Waals surface area contributed by atoms with E-state index in [9.17, 15) is 4.79 Å². The molecule has 158 valence electrons. The van der Waals surface area contributed by atoms with Crippen LogP contribution in [0.15, 0.2) is 54.6 Å². The predicted molar refractivity (Wildman–Crippen MR) is 124 cm³/mol. The average molecular weight is 404 g/mol. The number of amides is 1. The zero-order chi connectivity index (χ0) is 21.1. The molecule has 1 aliphatic carbocycles. The summed E-state index contributed by atoms with van der Waals surface area (Å²) in [7, 11) is 0. The first-order valence-electron chi connectivity index (χ1n) is 11.2. The van der Waals surface area contributed by atoms with Crippen molar-refractivity contribution in [2.75, 3.05) is 31.5 Å². The second kappa shape index (κ2) is 9.05. The van der Waals surface area contributed by atoms with E-state index in [0.29, 0.717) is 24.4 Å². The number of anilines is 1. The molecule has 1 amide bonds. The van der Waals surface area contributed by atoms with Crippen LogP contribution in [0.1, 0.15) is 59.3 Å². The van der Waals surface area contributed by atoms with E-state index in [1.807, 2.05) is 6.07 Å². The van der Waals surface area contributed by atoms with Gasteiger partial charge < -0.3 is 15.5 Å².